The average Bonchev–Trinajstić information content (AvgIpc) is 2.10. The molecule has 0 aromatic rings. The van der Waals surface area contributed by atoms with Gasteiger partial charge in [-0.05, 0) is 40.0 Å². The summed E-state index contributed by atoms with van der Waals surface area (Å²) in [6.45, 7) is 17.9. The van der Waals surface area contributed by atoms with E-state index in [9.17, 15) is 5.11 Å². The normalized spacial score (nSPS) is 13.8. The van der Waals surface area contributed by atoms with Crippen LogP contribution in [0.25, 0.3) is 0 Å². The van der Waals surface area contributed by atoms with Gasteiger partial charge < -0.3 is 9.84 Å². The van der Waals surface area contributed by atoms with Gasteiger partial charge in [-0.15, -0.1) is 0 Å². The Labute approximate surface area is 122 Å². The summed E-state index contributed by atoms with van der Waals surface area (Å²) >= 11 is 0. The molecule has 0 fully saturated rings. The molecule has 112 valence electrons. The fourth-order valence-electron chi connectivity index (χ4n) is 2.50. The lowest BCUT2D eigenvalue weighted by molar-refractivity contribution is -0.00672. The molecule has 0 aliphatic rings. The number of hydrogen-bond donors (Lipinski definition) is 1. The van der Waals surface area contributed by atoms with Gasteiger partial charge in [0.25, 0.3) is 0 Å². The number of ether oxygens (including phenoxy) is 1. The lowest BCUT2D eigenvalue weighted by atomic mass is 9.24. The van der Waals surface area contributed by atoms with Gasteiger partial charge in [0.15, 0.2) is 0 Å². The molecule has 0 unspecified atom stereocenters. The van der Waals surface area contributed by atoms with Crippen LogP contribution in [0, 0.1) is 5.92 Å². The van der Waals surface area contributed by atoms with Crippen LogP contribution in [-0.2, 0) is 4.74 Å². The highest BCUT2D eigenvalue weighted by Gasteiger charge is 2.28. The van der Waals surface area contributed by atoms with E-state index in [0.717, 1.165) is 13.1 Å². The van der Waals surface area contributed by atoms with Crippen LogP contribution in [-0.4, -0.2) is 37.2 Å². The Bertz CT molecular complexity index is 255. The molecule has 2 nitrogen and oxygen atoms in total. The summed E-state index contributed by atoms with van der Waals surface area (Å²) in [6, 6.07) is 0. The topological polar surface area (TPSA) is 29.5 Å². The highest BCUT2D eigenvalue weighted by atomic mass is 16.5. The van der Waals surface area contributed by atoms with Crippen LogP contribution >= 0.6 is 0 Å². The molecule has 0 saturated carbocycles. The summed E-state index contributed by atoms with van der Waals surface area (Å²) in [7, 11) is 2.25. The minimum atomic E-state index is -0.632. The first-order valence-corrected chi connectivity index (χ1v) is 7.69. The standard InChI is InChI=1S/C15H34B2O2/c1-12(2)11-13(3,4)16-17-15(7,8)19-10-9-14(5,6)18/h12,16-18H,9-11H2,1-8H3. The lowest BCUT2D eigenvalue weighted by Crippen LogP contribution is -2.40. The van der Waals surface area contributed by atoms with Crippen LogP contribution in [0.2, 0.25) is 5.31 Å². The summed E-state index contributed by atoms with van der Waals surface area (Å²) in [5, 5.41) is 10.1. The highest BCUT2D eigenvalue weighted by Crippen LogP contribution is 2.31. The molecule has 0 heterocycles. The number of rotatable bonds is 9. The molecule has 0 saturated heterocycles. The number of aliphatic hydroxyl groups is 1. The largest absolute Gasteiger partial charge is 0.390 e. The molecule has 1 N–H and O–H groups in total. The first-order valence-electron chi connectivity index (χ1n) is 7.69. The second kappa shape index (κ2) is 7.17. The van der Waals surface area contributed by atoms with Crippen molar-refractivity contribution in [2.24, 2.45) is 5.92 Å². The molecule has 0 aliphatic carbocycles. The molecule has 19 heavy (non-hydrogen) atoms. The molecule has 4 heteroatoms. The minimum Gasteiger partial charge on any atom is -0.390 e. The minimum absolute atomic E-state index is 0.0977. The van der Waals surface area contributed by atoms with Crippen LogP contribution in [0.15, 0.2) is 0 Å². The van der Waals surface area contributed by atoms with E-state index in [1.165, 1.54) is 13.6 Å². The summed E-state index contributed by atoms with van der Waals surface area (Å²) < 4.78 is 5.95. The van der Waals surface area contributed by atoms with Gasteiger partial charge in [-0.25, -0.2) is 0 Å². The third-order valence-electron chi connectivity index (χ3n) is 3.57. The van der Waals surface area contributed by atoms with Crippen molar-refractivity contribution in [1.82, 2.24) is 0 Å². The van der Waals surface area contributed by atoms with E-state index in [-0.39, 0.29) is 5.50 Å². The summed E-state index contributed by atoms with van der Waals surface area (Å²) in [6.07, 6.45) is 1.94. The van der Waals surface area contributed by atoms with Crippen LogP contribution in [0.3, 0.4) is 0 Å². The maximum atomic E-state index is 9.69. The smallest absolute Gasteiger partial charge is 0.127 e. The zero-order valence-electron chi connectivity index (χ0n) is 14.5. The second-order valence-corrected chi connectivity index (χ2v) is 8.43. The Hall–Kier alpha value is 0.0499. The van der Waals surface area contributed by atoms with Gasteiger partial charge in [0.05, 0.1) is 12.8 Å². The van der Waals surface area contributed by atoms with Crippen molar-refractivity contribution >= 4 is 14.3 Å². The Morgan fingerprint density at radius 3 is 1.95 bits per heavy atom. The van der Waals surface area contributed by atoms with E-state index in [1.807, 2.05) is 13.8 Å². The van der Waals surface area contributed by atoms with Gasteiger partial charge in [-0.2, -0.15) is 0 Å². The van der Waals surface area contributed by atoms with E-state index in [1.54, 1.807) is 0 Å². The second-order valence-electron chi connectivity index (χ2n) is 8.43. The van der Waals surface area contributed by atoms with Crippen molar-refractivity contribution < 1.29 is 9.84 Å². The maximum absolute atomic E-state index is 9.69. The van der Waals surface area contributed by atoms with E-state index in [2.05, 4.69) is 41.5 Å². The monoisotopic (exact) mass is 268 g/mol. The quantitative estimate of drug-likeness (QED) is 0.651. The van der Waals surface area contributed by atoms with E-state index in [4.69, 9.17) is 4.74 Å². The molecule has 0 aliphatic heterocycles. The van der Waals surface area contributed by atoms with Crippen molar-refractivity contribution in [3.8, 4) is 0 Å². The van der Waals surface area contributed by atoms with Crippen LogP contribution in [0.4, 0.5) is 0 Å². The Kier molecular flexibility index (Phi) is 7.19. The summed E-state index contributed by atoms with van der Waals surface area (Å²) in [4.78, 5) is 0. The SMILES string of the molecule is CC(C)CC(C)(C)BBC(C)(C)OCCC(C)(C)O. The zero-order chi connectivity index (χ0) is 15.3. The Morgan fingerprint density at radius 1 is 1.00 bits per heavy atom. The zero-order valence-corrected chi connectivity index (χ0v) is 14.5. The maximum Gasteiger partial charge on any atom is 0.127 e. The van der Waals surface area contributed by atoms with Crippen molar-refractivity contribution in [3.05, 3.63) is 0 Å². The van der Waals surface area contributed by atoms with Crippen molar-refractivity contribution in [2.45, 2.75) is 84.6 Å². The van der Waals surface area contributed by atoms with Gasteiger partial charge in [0.2, 0.25) is 0 Å². The first-order chi connectivity index (χ1) is 8.33. The molecule has 0 aromatic carbocycles. The molecule has 0 rings (SSSR count). The Balaban J connectivity index is 4.09. The third kappa shape index (κ3) is 11.6. The fourth-order valence-corrected chi connectivity index (χ4v) is 2.50. The summed E-state index contributed by atoms with van der Waals surface area (Å²) in [5.41, 5.74) is -0.730. The van der Waals surface area contributed by atoms with Gasteiger partial charge in [-0.3, -0.25) is 0 Å². The lowest BCUT2D eigenvalue weighted by Gasteiger charge is -2.31. The van der Waals surface area contributed by atoms with Gasteiger partial charge in [0.1, 0.15) is 7.17 Å². The van der Waals surface area contributed by atoms with E-state index < -0.39 is 5.60 Å². The first kappa shape index (κ1) is 19.0. The predicted octanol–water partition coefficient (Wildman–Crippen LogP) is 2.93. The van der Waals surface area contributed by atoms with E-state index >= 15 is 0 Å². The molecular formula is C15H34B2O2. The predicted molar refractivity (Wildman–Crippen MR) is 88.7 cm³/mol. The molecular weight excluding hydrogens is 234 g/mol. The fraction of sp³-hybridized carbons (Fsp3) is 1.00. The van der Waals surface area contributed by atoms with Gasteiger partial charge in [-0.1, -0.05) is 39.4 Å². The van der Waals surface area contributed by atoms with Gasteiger partial charge >= 0.3 is 0 Å². The molecule has 0 bridgehead atoms. The number of hydrogen-bond acceptors (Lipinski definition) is 2. The van der Waals surface area contributed by atoms with Crippen LogP contribution < -0.4 is 0 Å². The average molecular weight is 268 g/mol. The van der Waals surface area contributed by atoms with Crippen LogP contribution in [0.1, 0.15) is 68.2 Å². The molecule has 0 aromatic heterocycles. The Morgan fingerprint density at radius 2 is 1.53 bits per heavy atom. The molecule has 0 atom stereocenters. The van der Waals surface area contributed by atoms with E-state index in [0.29, 0.717) is 18.3 Å². The summed E-state index contributed by atoms with van der Waals surface area (Å²) in [5.74, 6) is 0.745. The van der Waals surface area contributed by atoms with Crippen molar-refractivity contribution in [2.75, 3.05) is 6.61 Å². The highest BCUT2D eigenvalue weighted by molar-refractivity contribution is 7.03. The van der Waals surface area contributed by atoms with Crippen LogP contribution in [0.5, 0.6) is 0 Å². The molecule has 0 spiro atoms. The third-order valence-corrected chi connectivity index (χ3v) is 3.57. The molecule has 0 radical (unpaired) electrons. The molecule has 0 amide bonds. The van der Waals surface area contributed by atoms with Crippen molar-refractivity contribution in [1.29, 1.82) is 0 Å². The van der Waals surface area contributed by atoms with Gasteiger partial charge in [0, 0.05) is 12.1 Å². The van der Waals surface area contributed by atoms with Crippen molar-refractivity contribution in [3.63, 3.8) is 0 Å².